The Balaban J connectivity index is 1.14. The Morgan fingerprint density at radius 3 is 2.80 bits per heavy atom. The van der Waals surface area contributed by atoms with Gasteiger partial charge in [0.15, 0.2) is 5.82 Å². The van der Waals surface area contributed by atoms with Gasteiger partial charge in [0.2, 0.25) is 5.91 Å². The van der Waals surface area contributed by atoms with Gasteiger partial charge in [-0.15, -0.1) is 0 Å². The van der Waals surface area contributed by atoms with Gasteiger partial charge in [0.1, 0.15) is 5.82 Å². The molecule has 0 fully saturated rings. The minimum absolute atomic E-state index is 0.0817. The van der Waals surface area contributed by atoms with Crippen molar-refractivity contribution < 1.29 is 4.79 Å². The van der Waals surface area contributed by atoms with Crippen LogP contribution < -0.4 is 10.6 Å². The molecule has 10 nitrogen and oxygen atoms in total. The number of amides is 1. The van der Waals surface area contributed by atoms with Crippen LogP contribution >= 0.6 is 0 Å². The monoisotopic (exact) mass is 463 g/mol. The van der Waals surface area contributed by atoms with E-state index in [0.29, 0.717) is 30.4 Å². The highest BCUT2D eigenvalue weighted by Gasteiger charge is 2.22. The number of aromatic nitrogens is 6. The molecule has 0 radical (unpaired) electrons. The SMILES string of the molecule is O=C(CN1Cc2ccc(-c3nccc(Nc4ccc5[nH]ncc5c4)n3)cc2C1)Nc1ccnnc1. The van der Waals surface area contributed by atoms with Gasteiger partial charge >= 0.3 is 0 Å². The highest BCUT2D eigenvalue weighted by Crippen LogP contribution is 2.28. The molecular weight excluding hydrogens is 442 g/mol. The van der Waals surface area contributed by atoms with E-state index in [1.54, 1.807) is 24.7 Å². The van der Waals surface area contributed by atoms with E-state index in [1.165, 1.54) is 17.3 Å². The molecule has 0 bridgehead atoms. The molecule has 3 aromatic heterocycles. The van der Waals surface area contributed by atoms with Crippen LogP contribution in [0.3, 0.4) is 0 Å². The van der Waals surface area contributed by atoms with E-state index in [1.807, 2.05) is 30.3 Å². The number of hydrogen-bond acceptors (Lipinski definition) is 8. The summed E-state index contributed by atoms with van der Waals surface area (Å²) in [6, 6.07) is 15.8. The summed E-state index contributed by atoms with van der Waals surface area (Å²) >= 11 is 0. The van der Waals surface area contributed by atoms with Gasteiger partial charge in [0, 0.05) is 35.9 Å². The average molecular weight is 464 g/mol. The zero-order valence-electron chi connectivity index (χ0n) is 18.6. The summed E-state index contributed by atoms with van der Waals surface area (Å²) in [6.07, 6.45) is 6.62. The Morgan fingerprint density at radius 1 is 0.943 bits per heavy atom. The second-order valence-corrected chi connectivity index (χ2v) is 8.37. The standard InChI is InChI=1S/C25H21N9O/c35-24(31-21-5-8-27-28-12-21)15-34-13-17-2-1-16(9-19(17)14-34)25-26-7-6-23(32-25)30-20-3-4-22-18(10-20)11-29-33-22/h1-12H,13-15H2,(H,29,33)(H,26,30,32)(H,27,31,35). The quantitative estimate of drug-likeness (QED) is 0.349. The van der Waals surface area contributed by atoms with Gasteiger partial charge in [-0.3, -0.25) is 14.8 Å². The van der Waals surface area contributed by atoms with Gasteiger partial charge in [-0.05, 0) is 47.5 Å². The molecule has 0 unspecified atom stereocenters. The lowest BCUT2D eigenvalue weighted by atomic mass is 10.1. The summed E-state index contributed by atoms with van der Waals surface area (Å²) in [4.78, 5) is 23.7. The van der Waals surface area contributed by atoms with E-state index in [2.05, 4.69) is 53.0 Å². The number of rotatable bonds is 6. The van der Waals surface area contributed by atoms with Crippen LogP contribution in [0.2, 0.25) is 0 Å². The smallest absolute Gasteiger partial charge is 0.238 e. The van der Waals surface area contributed by atoms with Crippen LogP contribution in [0.15, 0.2) is 73.3 Å². The van der Waals surface area contributed by atoms with E-state index in [4.69, 9.17) is 4.98 Å². The Hall–Kier alpha value is -4.70. The molecule has 35 heavy (non-hydrogen) atoms. The lowest BCUT2D eigenvalue weighted by molar-refractivity contribution is -0.117. The molecule has 172 valence electrons. The fourth-order valence-electron chi connectivity index (χ4n) is 4.22. The first-order valence-corrected chi connectivity index (χ1v) is 11.1. The molecule has 1 amide bonds. The first-order chi connectivity index (χ1) is 17.2. The lowest BCUT2D eigenvalue weighted by Crippen LogP contribution is -2.29. The fraction of sp³-hybridized carbons (Fsp3) is 0.120. The number of hydrogen-bond donors (Lipinski definition) is 3. The largest absolute Gasteiger partial charge is 0.340 e. The Labute approximate surface area is 200 Å². The molecule has 4 heterocycles. The van der Waals surface area contributed by atoms with Crippen molar-refractivity contribution in [2.24, 2.45) is 0 Å². The van der Waals surface area contributed by atoms with Gasteiger partial charge in [-0.2, -0.15) is 15.3 Å². The summed E-state index contributed by atoms with van der Waals surface area (Å²) in [5.41, 5.74) is 5.86. The van der Waals surface area contributed by atoms with E-state index < -0.39 is 0 Å². The van der Waals surface area contributed by atoms with E-state index in [0.717, 1.165) is 28.7 Å². The maximum atomic E-state index is 12.4. The molecule has 1 aliphatic heterocycles. The topological polar surface area (TPSA) is 125 Å². The summed E-state index contributed by atoms with van der Waals surface area (Å²) in [5.74, 6) is 1.27. The highest BCUT2D eigenvalue weighted by atomic mass is 16.2. The number of H-pyrrole nitrogens is 1. The van der Waals surface area contributed by atoms with Crippen LogP contribution in [0.1, 0.15) is 11.1 Å². The minimum Gasteiger partial charge on any atom is -0.340 e. The fourth-order valence-corrected chi connectivity index (χ4v) is 4.22. The highest BCUT2D eigenvalue weighted by molar-refractivity contribution is 5.92. The predicted octanol–water partition coefficient (Wildman–Crippen LogP) is 3.51. The Kier molecular flexibility index (Phi) is 5.32. The summed E-state index contributed by atoms with van der Waals surface area (Å²) in [7, 11) is 0. The molecule has 6 rings (SSSR count). The van der Waals surface area contributed by atoms with Crippen LogP contribution in [0.5, 0.6) is 0 Å². The third-order valence-electron chi connectivity index (χ3n) is 5.86. The third kappa shape index (κ3) is 4.55. The molecule has 1 aliphatic rings. The van der Waals surface area contributed by atoms with Gasteiger partial charge in [0.25, 0.3) is 0 Å². The number of fused-ring (bicyclic) bond motifs is 2. The molecular formula is C25H21N9O. The number of aromatic amines is 1. The minimum atomic E-state index is -0.0817. The summed E-state index contributed by atoms with van der Waals surface area (Å²) in [6.45, 7) is 1.70. The van der Waals surface area contributed by atoms with Crippen molar-refractivity contribution in [3.05, 3.63) is 84.4 Å². The van der Waals surface area contributed by atoms with Crippen molar-refractivity contribution in [3.63, 3.8) is 0 Å². The van der Waals surface area contributed by atoms with Gasteiger partial charge in [-0.25, -0.2) is 9.97 Å². The number of carbonyl (C=O) groups excluding carboxylic acids is 1. The number of carbonyl (C=O) groups is 1. The van der Waals surface area contributed by atoms with Crippen molar-refractivity contribution in [3.8, 4) is 11.4 Å². The van der Waals surface area contributed by atoms with Gasteiger partial charge in [-0.1, -0.05) is 12.1 Å². The molecule has 0 saturated heterocycles. The first-order valence-electron chi connectivity index (χ1n) is 11.1. The van der Waals surface area contributed by atoms with E-state index in [-0.39, 0.29) is 5.91 Å². The van der Waals surface area contributed by atoms with Crippen molar-refractivity contribution >= 4 is 34.0 Å². The molecule has 2 aromatic carbocycles. The van der Waals surface area contributed by atoms with Crippen molar-refractivity contribution in [2.45, 2.75) is 13.1 Å². The zero-order valence-corrected chi connectivity index (χ0v) is 18.6. The number of benzene rings is 2. The van der Waals surface area contributed by atoms with Crippen LogP contribution in [-0.2, 0) is 17.9 Å². The maximum absolute atomic E-state index is 12.4. The molecule has 3 N–H and O–H groups in total. The lowest BCUT2D eigenvalue weighted by Gasteiger charge is -2.14. The van der Waals surface area contributed by atoms with Crippen molar-refractivity contribution in [1.29, 1.82) is 0 Å². The summed E-state index contributed by atoms with van der Waals surface area (Å²) in [5, 5.41) is 21.7. The molecule has 0 saturated carbocycles. The Morgan fingerprint density at radius 2 is 1.89 bits per heavy atom. The van der Waals surface area contributed by atoms with E-state index in [9.17, 15) is 4.79 Å². The number of nitrogens with one attached hydrogen (secondary N) is 3. The third-order valence-corrected chi connectivity index (χ3v) is 5.86. The molecule has 10 heteroatoms. The second kappa shape index (κ2) is 8.92. The van der Waals surface area contributed by atoms with Crippen LogP contribution in [0.4, 0.5) is 17.2 Å². The van der Waals surface area contributed by atoms with Crippen LogP contribution in [0, 0.1) is 0 Å². The van der Waals surface area contributed by atoms with E-state index >= 15 is 0 Å². The van der Waals surface area contributed by atoms with Crippen LogP contribution in [0.25, 0.3) is 22.3 Å². The van der Waals surface area contributed by atoms with Gasteiger partial charge in [0.05, 0.1) is 36.3 Å². The summed E-state index contributed by atoms with van der Waals surface area (Å²) < 4.78 is 0. The average Bonchev–Trinajstić information content (AvgIpc) is 3.50. The number of nitrogens with zero attached hydrogens (tertiary/aromatic N) is 6. The van der Waals surface area contributed by atoms with Crippen molar-refractivity contribution in [2.75, 3.05) is 17.2 Å². The molecule has 0 aliphatic carbocycles. The molecule has 0 atom stereocenters. The first kappa shape index (κ1) is 20.9. The molecule has 0 spiro atoms. The predicted molar refractivity (Wildman–Crippen MR) is 132 cm³/mol. The van der Waals surface area contributed by atoms with Crippen molar-refractivity contribution in [1.82, 2.24) is 35.3 Å². The van der Waals surface area contributed by atoms with Gasteiger partial charge < -0.3 is 10.6 Å². The van der Waals surface area contributed by atoms with Crippen LogP contribution in [-0.4, -0.2) is 47.7 Å². The normalized spacial score (nSPS) is 13.0. The molecule has 5 aromatic rings. The maximum Gasteiger partial charge on any atom is 0.238 e. The second-order valence-electron chi connectivity index (χ2n) is 8.37. The zero-order chi connectivity index (χ0) is 23.6. The number of anilines is 3. The Bertz CT molecular complexity index is 1520.